The number of aryl methyl sites for hydroxylation is 1. The summed E-state index contributed by atoms with van der Waals surface area (Å²) in [5.41, 5.74) is 1.74. The quantitative estimate of drug-likeness (QED) is 0.844. The monoisotopic (exact) mass is 241 g/mol. The van der Waals surface area contributed by atoms with E-state index in [1.165, 1.54) is 0 Å². The first kappa shape index (κ1) is 13.3. The van der Waals surface area contributed by atoms with E-state index >= 15 is 0 Å². The number of aromatic hydroxyl groups is 1. The first-order chi connectivity index (χ1) is 7.35. The van der Waals surface area contributed by atoms with Crippen LogP contribution in [0.1, 0.15) is 38.3 Å². The highest BCUT2D eigenvalue weighted by atomic mass is 35.5. The number of hydrogen-bond acceptors (Lipinski definition) is 2. The predicted octanol–water partition coefficient (Wildman–Crippen LogP) is 3.63. The van der Waals surface area contributed by atoms with Crippen molar-refractivity contribution in [1.82, 2.24) is 5.32 Å². The van der Waals surface area contributed by atoms with Crippen LogP contribution in [0, 0.1) is 6.92 Å². The molecule has 0 radical (unpaired) electrons. The van der Waals surface area contributed by atoms with E-state index in [0.717, 1.165) is 17.5 Å². The molecule has 2 N–H and O–H groups in total. The molecule has 0 amide bonds. The summed E-state index contributed by atoms with van der Waals surface area (Å²) >= 11 is 5.97. The molecule has 0 aliphatic carbocycles. The summed E-state index contributed by atoms with van der Waals surface area (Å²) in [6.07, 6.45) is 1.04. The zero-order chi connectivity index (χ0) is 12.3. The minimum absolute atomic E-state index is 0.0721. The molecule has 0 aromatic heterocycles. The van der Waals surface area contributed by atoms with Crippen molar-refractivity contribution in [2.45, 2.75) is 46.2 Å². The molecule has 0 unspecified atom stereocenters. The smallest absolute Gasteiger partial charge is 0.123 e. The first-order valence-electron chi connectivity index (χ1n) is 5.59. The molecule has 0 saturated heterocycles. The molecule has 0 bridgehead atoms. The van der Waals surface area contributed by atoms with Crippen LogP contribution in [0.15, 0.2) is 12.1 Å². The van der Waals surface area contributed by atoms with Crippen molar-refractivity contribution in [3.05, 3.63) is 28.3 Å². The maximum absolute atomic E-state index is 9.89. The van der Waals surface area contributed by atoms with E-state index in [2.05, 4.69) is 26.1 Å². The van der Waals surface area contributed by atoms with Crippen LogP contribution in [0.2, 0.25) is 5.02 Å². The lowest BCUT2D eigenvalue weighted by atomic mass is 10.0. The van der Waals surface area contributed by atoms with Crippen molar-refractivity contribution < 1.29 is 5.11 Å². The summed E-state index contributed by atoms with van der Waals surface area (Å²) in [5.74, 6) is 0.337. The lowest BCUT2D eigenvalue weighted by Gasteiger charge is -2.25. The molecule has 0 fully saturated rings. The molecular weight excluding hydrogens is 222 g/mol. The highest BCUT2D eigenvalue weighted by Gasteiger charge is 2.15. The van der Waals surface area contributed by atoms with Crippen LogP contribution >= 0.6 is 11.6 Å². The molecule has 0 spiro atoms. The van der Waals surface area contributed by atoms with Crippen LogP contribution < -0.4 is 5.32 Å². The van der Waals surface area contributed by atoms with Crippen molar-refractivity contribution in [3.63, 3.8) is 0 Å². The first-order valence-corrected chi connectivity index (χ1v) is 5.96. The molecule has 0 saturated carbocycles. The van der Waals surface area contributed by atoms with Crippen LogP contribution in [-0.4, -0.2) is 10.6 Å². The summed E-state index contributed by atoms with van der Waals surface area (Å²) in [4.78, 5) is 0. The number of rotatable bonds is 4. The lowest BCUT2D eigenvalue weighted by Crippen LogP contribution is -2.37. The van der Waals surface area contributed by atoms with E-state index in [0.29, 0.717) is 17.3 Å². The van der Waals surface area contributed by atoms with Crippen molar-refractivity contribution in [2.24, 2.45) is 0 Å². The van der Waals surface area contributed by atoms with E-state index in [1.807, 2.05) is 13.0 Å². The van der Waals surface area contributed by atoms with Gasteiger partial charge in [-0.2, -0.15) is 0 Å². The molecule has 16 heavy (non-hydrogen) atoms. The van der Waals surface area contributed by atoms with Crippen LogP contribution in [0.4, 0.5) is 0 Å². The third-order valence-electron chi connectivity index (χ3n) is 2.99. The molecule has 0 heterocycles. The third-order valence-corrected chi connectivity index (χ3v) is 3.20. The predicted molar refractivity (Wildman–Crippen MR) is 69.1 cm³/mol. The number of phenols is 1. The molecule has 1 rings (SSSR count). The Hall–Kier alpha value is -0.730. The molecular formula is C13H20ClNO. The molecule has 3 heteroatoms. The average molecular weight is 242 g/mol. The lowest BCUT2D eigenvalue weighted by molar-refractivity contribution is 0.369. The van der Waals surface area contributed by atoms with Crippen LogP contribution in [0.25, 0.3) is 0 Å². The van der Waals surface area contributed by atoms with Gasteiger partial charge in [-0.25, -0.2) is 0 Å². The molecule has 1 aromatic carbocycles. The van der Waals surface area contributed by atoms with Gasteiger partial charge in [0.05, 0.1) is 0 Å². The fourth-order valence-electron chi connectivity index (χ4n) is 1.40. The molecule has 90 valence electrons. The van der Waals surface area contributed by atoms with E-state index in [4.69, 9.17) is 11.6 Å². The zero-order valence-electron chi connectivity index (χ0n) is 10.4. The maximum Gasteiger partial charge on any atom is 0.123 e. The SMILES string of the molecule is CCC(C)(C)NCc1cc(Cl)cc(C)c1O. The second-order valence-electron chi connectivity index (χ2n) is 4.82. The van der Waals surface area contributed by atoms with Gasteiger partial charge in [0.1, 0.15) is 5.75 Å². The molecule has 1 aromatic rings. The Labute approximate surface area is 103 Å². The van der Waals surface area contributed by atoms with Gasteiger partial charge in [0.25, 0.3) is 0 Å². The van der Waals surface area contributed by atoms with E-state index in [1.54, 1.807) is 6.07 Å². The van der Waals surface area contributed by atoms with Gasteiger partial charge in [-0.05, 0) is 44.9 Å². The van der Waals surface area contributed by atoms with Crippen molar-refractivity contribution >= 4 is 11.6 Å². The van der Waals surface area contributed by atoms with Gasteiger partial charge in [0, 0.05) is 22.7 Å². The van der Waals surface area contributed by atoms with Crippen molar-refractivity contribution in [3.8, 4) is 5.75 Å². The van der Waals surface area contributed by atoms with Crippen LogP contribution in [0.3, 0.4) is 0 Å². The second-order valence-corrected chi connectivity index (χ2v) is 5.26. The zero-order valence-corrected chi connectivity index (χ0v) is 11.2. The average Bonchev–Trinajstić information content (AvgIpc) is 2.21. The van der Waals surface area contributed by atoms with E-state index in [-0.39, 0.29) is 5.54 Å². The highest BCUT2D eigenvalue weighted by molar-refractivity contribution is 6.30. The maximum atomic E-state index is 9.89. The summed E-state index contributed by atoms with van der Waals surface area (Å²) in [7, 11) is 0. The van der Waals surface area contributed by atoms with Crippen molar-refractivity contribution in [1.29, 1.82) is 0 Å². The Kier molecular flexibility index (Phi) is 4.22. The second kappa shape index (κ2) is 5.07. The number of halogens is 1. The summed E-state index contributed by atoms with van der Waals surface area (Å²) < 4.78 is 0. The number of phenolic OH excluding ortho intramolecular Hbond substituents is 1. The normalized spacial score (nSPS) is 11.8. The fraction of sp³-hybridized carbons (Fsp3) is 0.538. The van der Waals surface area contributed by atoms with Gasteiger partial charge in [-0.15, -0.1) is 0 Å². The van der Waals surface area contributed by atoms with Gasteiger partial charge < -0.3 is 10.4 Å². The third kappa shape index (κ3) is 3.39. The highest BCUT2D eigenvalue weighted by Crippen LogP contribution is 2.26. The Morgan fingerprint density at radius 3 is 2.56 bits per heavy atom. The molecule has 2 nitrogen and oxygen atoms in total. The van der Waals surface area contributed by atoms with Crippen LogP contribution in [0.5, 0.6) is 5.75 Å². The van der Waals surface area contributed by atoms with Gasteiger partial charge in [-0.3, -0.25) is 0 Å². The largest absolute Gasteiger partial charge is 0.507 e. The summed E-state index contributed by atoms with van der Waals surface area (Å²) in [5, 5.41) is 14.0. The number of benzene rings is 1. The summed E-state index contributed by atoms with van der Waals surface area (Å²) in [6.45, 7) is 8.91. The Bertz CT molecular complexity index is 374. The fourth-order valence-corrected chi connectivity index (χ4v) is 1.69. The molecule has 0 aliphatic rings. The van der Waals surface area contributed by atoms with E-state index in [9.17, 15) is 5.11 Å². The van der Waals surface area contributed by atoms with Gasteiger partial charge in [-0.1, -0.05) is 18.5 Å². The minimum atomic E-state index is 0.0721. The Balaban J connectivity index is 2.82. The number of nitrogens with one attached hydrogen (secondary N) is 1. The Morgan fingerprint density at radius 2 is 2.00 bits per heavy atom. The molecule has 0 aliphatic heterocycles. The van der Waals surface area contributed by atoms with Crippen molar-refractivity contribution in [2.75, 3.05) is 0 Å². The van der Waals surface area contributed by atoms with Gasteiger partial charge in [0.15, 0.2) is 0 Å². The Morgan fingerprint density at radius 1 is 1.38 bits per heavy atom. The van der Waals surface area contributed by atoms with Gasteiger partial charge >= 0.3 is 0 Å². The number of hydrogen-bond donors (Lipinski definition) is 2. The molecule has 0 atom stereocenters. The van der Waals surface area contributed by atoms with Crippen LogP contribution in [-0.2, 0) is 6.54 Å². The minimum Gasteiger partial charge on any atom is -0.507 e. The van der Waals surface area contributed by atoms with E-state index < -0.39 is 0 Å². The topological polar surface area (TPSA) is 32.3 Å². The van der Waals surface area contributed by atoms with Gasteiger partial charge in [0.2, 0.25) is 0 Å². The summed E-state index contributed by atoms with van der Waals surface area (Å²) in [6, 6.07) is 3.58. The standard InChI is InChI=1S/C13H20ClNO/c1-5-13(3,4)15-8-10-7-11(14)6-9(2)12(10)16/h6-7,15-16H,5,8H2,1-4H3.